The van der Waals surface area contributed by atoms with Crippen molar-refractivity contribution in [1.82, 2.24) is 5.32 Å². The summed E-state index contributed by atoms with van der Waals surface area (Å²) in [6.45, 7) is 2.27. The number of benzene rings is 1. The predicted octanol–water partition coefficient (Wildman–Crippen LogP) is 1.42. The highest BCUT2D eigenvalue weighted by Gasteiger charge is 2.16. The lowest BCUT2D eigenvalue weighted by atomic mass is 10.2. The van der Waals surface area contributed by atoms with Crippen molar-refractivity contribution in [2.45, 2.75) is 12.8 Å². The Morgan fingerprint density at radius 1 is 1.21 bits per heavy atom. The minimum absolute atomic E-state index is 0.136. The van der Waals surface area contributed by atoms with E-state index in [-0.39, 0.29) is 5.91 Å². The number of carbonyl (C=O) groups is 1. The second-order valence-corrected chi connectivity index (χ2v) is 4.48. The third-order valence-corrected chi connectivity index (χ3v) is 3.26. The molecule has 19 heavy (non-hydrogen) atoms. The van der Waals surface area contributed by atoms with Gasteiger partial charge in [-0.1, -0.05) is 0 Å². The molecule has 0 bridgehead atoms. The van der Waals surface area contributed by atoms with Crippen molar-refractivity contribution in [2.24, 2.45) is 0 Å². The fourth-order valence-electron chi connectivity index (χ4n) is 2.25. The number of carbonyl (C=O) groups excluding carboxylic acids is 1. The van der Waals surface area contributed by atoms with Gasteiger partial charge in [-0.2, -0.15) is 0 Å². The SMILES string of the molecule is COc1ccc(OC)c(N2CCCC(=O)NCC2)c1. The number of nitrogens with zero attached hydrogens (tertiary/aromatic N) is 1. The van der Waals surface area contributed by atoms with Gasteiger partial charge in [0.1, 0.15) is 11.5 Å². The summed E-state index contributed by atoms with van der Waals surface area (Å²) in [7, 11) is 3.32. The van der Waals surface area contributed by atoms with Gasteiger partial charge < -0.3 is 19.7 Å². The summed E-state index contributed by atoms with van der Waals surface area (Å²) in [5.74, 6) is 1.77. The zero-order valence-corrected chi connectivity index (χ0v) is 11.4. The van der Waals surface area contributed by atoms with Crippen molar-refractivity contribution < 1.29 is 14.3 Å². The van der Waals surface area contributed by atoms with E-state index in [9.17, 15) is 4.79 Å². The van der Waals surface area contributed by atoms with E-state index in [2.05, 4.69) is 10.2 Å². The summed E-state index contributed by atoms with van der Waals surface area (Å²) >= 11 is 0. The number of methoxy groups -OCH3 is 2. The third kappa shape index (κ3) is 3.30. The quantitative estimate of drug-likeness (QED) is 0.897. The maximum atomic E-state index is 11.3. The van der Waals surface area contributed by atoms with Gasteiger partial charge in [-0.25, -0.2) is 0 Å². The molecule has 1 N–H and O–H groups in total. The van der Waals surface area contributed by atoms with Gasteiger partial charge in [0.25, 0.3) is 0 Å². The topological polar surface area (TPSA) is 50.8 Å². The van der Waals surface area contributed by atoms with Crippen LogP contribution in [0.1, 0.15) is 12.8 Å². The number of ether oxygens (including phenoxy) is 2. The zero-order chi connectivity index (χ0) is 13.7. The number of rotatable bonds is 3. The number of hydrogen-bond acceptors (Lipinski definition) is 4. The summed E-state index contributed by atoms with van der Waals surface area (Å²) in [5, 5.41) is 2.90. The normalized spacial score (nSPS) is 16.3. The molecule has 0 unspecified atom stereocenters. The van der Waals surface area contributed by atoms with Crippen LogP contribution in [0, 0.1) is 0 Å². The number of hydrogen-bond donors (Lipinski definition) is 1. The highest BCUT2D eigenvalue weighted by atomic mass is 16.5. The smallest absolute Gasteiger partial charge is 0.220 e. The summed E-state index contributed by atoms with van der Waals surface area (Å²) in [5.41, 5.74) is 1.01. The maximum absolute atomic E-state index is 11.3. The van der Waals surface area contributed by atoms with E-state index in [0.29, 0.717) is 13.0 Å². The van der Waals surface area contributed by atoms with Gasteiger partial charge in [-0.3, -0.25) is 4.79 Å². The molecular formula is C14H20N2O3. The van der Waals surface area contributed by atoms with Crippen LogP contribution in [-0.4, -0.2) is 39.8 Å². The molecule has 0 spiro atoms. The van der Waals surface area contributed by atoms with Crippen LogP contribution in [0.5, 0.6) is 11.5 Å². The Morgan fingerprint density at radius 3 is 2.79 bits per heavy atom. The predicted molar refractivity (Wildman–Crippen MR) is 74.0 cm³/mol. The minimum atomic E-state index is 0.136. The second-order valence-electron chi connectivity index (χ2n) is 4.48. The Balaban J connectivity index is 2.20. The van der Waals surface area contributed by atoms with E-state index in [4.69, 9.17) is 9.47 Å². The van der Waals surface area contributed by atoms with Crippen molar-refractivity contribution in [2.75, 3.05) is 38.8 Å². The standard InChI is InChI=1S/C14H20N2O3/c1-18-11-5-6-13(19-2)12(10-11)16-8-3-4-14(17)15-7-9-16/h5-6,10H,3-4,7-9H2,1-2H3,(H,15,17). The minimum Gasteiger partial charge on any atom is -0.497 e. The Bertz CT molecular complexity index is 436. The van der Waals surface area contributed by atoms with Crippen LogP contribution in [0.25, 0.3) is 0 Å². The largest absolute Gasteiger partial charge is 0.497 e. The Labute approximate surface area is 113 Å². The first-order valence-corrected chi connectivity index (χ1v) is 6.48. The highest BCUT2D eigenvalue weighted by Crippen LogP contribution is 2.32. The molecule has 0 aromatic heterocycles. The maximum Gasteiger partial charge on any atom is 0.220 e. The molecular weight excluding hydrogens is 244 g/mol. The van der Waals surface area contributed by atoms with Crippen LogP contribution < -0.4 is 19.7 Å². The van der Waals surface area contributed by atoms with Gasteiger partial charge in [0, 0.05) is 32.1 Å². The monoisotopic (exact) mass is 264 g/mol. The Hall–Kier alpha value is -1.91. The van der Waals surface area contributed by atoms with E-state index in [0.717, 1.165) is 36.7 Å². The van der Waals surface area contributed by atoms with Crippen molar-refractivity contribution >= 4 is 11.6 Å². The lowest BCUT2D eigenvalue weighted by Gasteiger charge is -2.28. The molecule has 0 aliphatic carbocycles. The zero-order valence-electron chi connectivity index (χ0n) is 11.4. The molecule has 0 radical (unpaired) electrons. The van der Waals surface area contributed by atoms with E-state index in [1.807, 2.05) is 18.2 Å². The Morgan fingerprint density at radius 2 is 2.05 bits per heavy atom. The van der Waals surface area contributed by atoms with Crippen LogP contribution >= 0.6 is 0 Å². The molecule has 104 valence electrons. The molecule has 1 saturated heterocycles. The van der Waals surface area contributed by atoms with Crippen LogP contribution in [0.2, 0.25) is 0 Å². The van der Waals surface area contributed by atoms with E-state index >= 15 is 0 Å². The molecule has 1 amide bonds. The lowest BCUT2D eigenvalue weighted by molar-refractivity contribution is -0.121. The van der Waals surface area contributed by atoms with Crippen LogP contribution in [0.15, 0.2) is 18.2 Å². The molecule has 1 aliphatic rings. The van der Waals surface area contributed by atoms with Crippen molar-refractivity contribution in [3.05, 3.63) is 18.2 Å². The van der Waals surface area contributed by atoms with Crippen LogP contribution in [-0.2, 0) is 4.79 Å². The average molecular weight is 264 g/mol. The van der Waals surface area contributed by atoms with Gasteiger partial charge in [0.15, 0.2) is 0 Å². The van der Waals surface area contributed by atoms with Gasteiger partial charge in [0.05, 0.1) is 19.9 Å². The first-order valence-electron chi connectivity index (χ1n) is 6.48. The molecule has 0 saturated carbocycles. The number of anilines is 1. The average Bonchev–Trinajstić information content (AvgIpc) is 2.42. The molecule has 1 aromatic carbocycles. The van der Waals surface area contributed by atoms with Gasteiger partial charge in [-0.05, 0) is 18.6 Å². The van der Waals surface area contributed by atoms with Gasteiger partial charge in [0.2, 0.25) is 5.91 Å². The molecule has 1 aromatic rings. The van der Waals surface area contributed by atoms with E-state index in [1.165, 1.54) is 0 Å². The van der Waals surface area contributed by atoms with Gasteiger partial charge in [-0.15, -0.1) is 0 Å². The third-order valence-electron chi connectivity index (χ3n) is 3.26. The fraction of sp³-hybridized carbons (Fsp3) is 0.500. The van der Waals surface area contributed by atoms with Gasteiger partial charge >= 0.3 is 0 Å². The summed E-state index contributed by atoms with van der Waals surface area (Å²) < 4.78 is 10.7. The number of amides is 1. The first-order chi connectivity index (χ1) is 9.24. The fourth-order valence-corrected chi connectivity index (χ4v) is 2.25. The van der Waals surface area contributed by atoms with Crippen molar-refractivity contribution in [3.63, 3.8) is 0 Å². The number of nitrogens with one attached hydrogen (secondary N) is 1. The summed E-state index contributed by atoms with van der Waals surface area (Å²) in [6, 6.07) is 5.77. The first kappa shape index (κ1) is 13.5. The molecule has 2 rings (SSSR count). The molecule has 1 fully saturated rings. The van der Waals surface area contributed by atoms with E-state index in [1.54, 1.807) is 14.2 Å². The lowest BCUT2D eigenvalue weighted by Crippen LogP contribution is -2.38. The van der Waals surface area contributed by atoms with Crippen molar-refractivity contribution in [1.29, 1.82) is 0 Å². The summed E-state index contributed by atoms with van der Waals surface area (Å²) in [4.78, 5) is 13.6. The molecule has 1 heterocycles. The van der Waals surface area contributed by atoms with Crippen LogP contribution in [0.4, 0.5) is 5.69 Å². The second kappa shape index (κ2) is 6.31. The summed E-state index contributed by atoms with van der Waals surface area (Å²) in [6.07, 6.45) is 1.41. The van der Waals surface area contributed by atoms with E-state index < -0.39 is 0 Å². The van der Waals surface area contributed by atoms with Crippen molar-refractivity contribution in [3.8, 4) is 11.5 Å². The molecule has 0 atom stereocenters. The molecule has 1 aliphatic heterocycles. The Kier molecular flexibility index (Phi) is 4.49. The highest BCUT2D eigenvalue weighted by molar-refractivity contribution is 5.76. The molecule has 5 heteroatoms. The molecule has 5 nitrogen and oxygen atoms in total. The van der Waals surface area contributed by atoms with Crippen LogP contribution in [0.3, 0.4) is 0 Å².